The molecule has 48 heavy (non-hydrogen) atoms. The Kier molecular flexibility index (Phi) is 6.84. The summed E-state index contributed by atoms with van der Waals surface area (Å²) in [6.45, 7) is 0. The zero-order valence-corrected chi connectivity index (χ0v) is 26.3. The van der Waals surface area contributed by atoms with E-state index in [1.165, 1.54) is 27.5 Å². The second-order valence-electron chi connectivity index (χ2n) is 12.2. The van der Waals surface area contributed by atoms with Crippen molar-refractivity contribution < 1.29 is 4.42 Å². The third kappa shape index (κ3) is 4.92. The highest BCUT2D eigenvalue weighted by atomic mass is 16.3. The van der Waals surface area contributed by atoms with Gasteiger partial charge in [0.05, 0.1) is 5.69 Å². The summed E-state index contributed by atoms with van der Waals surface area (Å²) in [7, 11) is 0. The lowest BCUT2D eigenvalue weighted by molar-refractivity contribution is 0.669. The van der Waals surface area contributed by atoms with Crippen molar-refractivity contribution in [3.05, 3.63) is 188 Å². The molecule has 0 aliphatic carbocycles. The van der Waals surface area contributed by atoms with Gasteiger partial charge in [-0.1, -0.05) is 140 Å². The first-order chi connectivity index (χ1) is 23.8. The summed E-state index contributed by atoms with van der Waals surface area (Å²) in [5, 5.41) is 4.74. The van der Waals surface area contributed by atoms with Crippen molar-refractivity contribution >= 4 is 49.8 Å². The number of anilines is 3. The number of furan rings is 1. The van der Waals surface area contributed by atoms with Gasteiger partial charge in [0.1, 0.15) is 11.2 Å². The van der Waals surface area contributed by atoms with E-state index in [-0.39, 0.29) is 0 Å². The molecule has 1 heterocycles. The van der Waals surface area contributed by atoms with Crippen LogP contribution in [0.3, 0.4) is 0 Å². The van der Waals surface area contributed by atoms with E-state index in [2.05, 4.69) is 181 Å². The minimum atomic E-state index is 0.897. The van der Waals surface area contributed by atoms with Crippen LogP contribution in [0.2, 0.25) is 0 Å². The predicted molar refractivity (Wildman–Crippen MR) is 202 cm³/mol. The maximum atomic E-state index is 6.27. The molecule has 9 aromatic rings. The first-order valence-electron chi connectivity index (χ1n) is 16.3. The van der Waals surface area contributed by atoms with Crippen molar-refractivity contribution in [2.45, 2.75) is 0 Å². The normalized spacial score (nSPS) is 11.3. The van der Waals surface area contributed by atoms with Crippen LogP contribution in [-0.2, 0) is 0 Å². The Morgan fingerprint density at radius 1 is 0.354 bits per heavy atom. The molecule has 0 fully saturated rings. The summed E-state index contributed by atoms with van der Waals surface area (Å²) >= 11 is 0. The number of hydrogen-bond acceptors (Lipinski definition) is 2. The zero-order valence-electron chi connectivity index (χ0n) is 26.3. The minimum absolute atomic E-state index is 0.897. The molecule has 0 bridgehead atoms. The molecule has 0 atom stereocenters. The summed E-state index contributed by atoms with van der Waals surface area (Å²) in [6.07, 6.45) is 0. The van der Waals surface area contributed by atoms with Crippen molar-refractivity contribution in [2.75, 3.05) is 4.90 Å². The van der Waals surface area contributed by atoms with Crippen molar-refractivity contribution in [3.8, 4) is 33.4 Å². The number of hydrogen-bond donors (Lipinski definition) is 0. The van der Waals surface area contributed by atoms with Crippen LogP contribution < -0.4 is 4.90 Å². The highest BCUT2D eigenvalue weighted by Crippen LogP contribution is 2.45. The standard InChI is InChI=1S/C46H31NO/c1-3-14-33(15-4-1)40-28-27-36(35-26-25-32-13-7-8-16-34(32)29-35)31-43(40)47(38-18-5-2-6-19-38)39-20-11-17-37(30-39)41-22-12-24-45-46(41)42-21-9-10-23-44(42)48-45/h1-31H. The Balaban J connectivity index is 1.27. The predicted octanol–water partition coefficient (Wildman–Crippen LogP) is 13.2. The van der Waals surface area contributed by atoms with Gasteiger partial charge in [0, 0.05) is 27.7 Å². The summed E-state index contributed by atoms with van der Waals surface area (Å²) in [5.74, 6) is 0. The molecule has 9 rings (SSSR count). The summed E-state index contributed by atoms with van der Waals surface area (Å²) in [6, 6.07) is 67.0. The highest BCUT2D eigenvalue weighted by molar-refractivity contribution is 6.12. The third-order valence-corrected chi connectivity index (χ3v) is 9.24. The van der Waals surface area contributed by atoms with Crippen molar-refractivity contribution in [1.29, 1.82) is 0 Å². The van der Waals surface area contributed by atoms with Gasteiger partial charge < -0.3 is 9.32 Å². The lowest BCUT2D eigenvalue weighted by Crippen LogP contribution is -2.11. The fourth-order valence-corrected chi connectivity index (χ4v) is 6.96. The number of fused-ring (bicyclic) bond motifs is 4. The molecule has 0 aliphatic heterocycles. The van der Waals surface area contributed by atoms with Crippen LogP contribution in [0.15, 0.2) is 192 Å². The van der Waals surface area contributed by atoms with Crippen LogP contribution >= 0.6 is 0 Å². The number of benzene rings is 8. The van der Waals surface area contributed by atoms with Gasteiger partial charge in [0.15, 0.2) is 0 Å². The molecule has 0 spiro atoms. The maximum Gasteiger partial charge on any atom is 0.136 e. The van der Waals surface area contributed by atoms with E-state index in [1.807, 2.05) is 12.1 Å². The largest absolute Gasteiger partial charge is 0.456 e. The molecule has 8 aromatic carbocycles. The smallest absolute Gasteiger partial charge is 0.136 e. The van der Waals surface area contributed by atoms with Crippen LogP contribution in [0.25, 0.3) is 66.1 Å². The number of nitrogens with zero attached hydrogens (tertiary/aromatic N) is 1. The van der Waals surface area contributed by atoms with Crippen molar-refractivity contribution in [2.24, 2.45) is 0 Å². The van der Waals surface area contributed by atoms with Crippen molar-refractivity contribution in [3.63, 3.8) is 0 Å². The van der Waals surface area contributed by atoms with Gasteiger partial charge in [-0.2, -0.15) is 0 Å². The van der Waals surface area contributed by atoms with E-state index in [0.29, 0.717) is 0 Å². The molecule has 0 unspecified atom stereocenters. The summed E-state index contributed by atoms with van der Waals surface area (Å²) in [4.78, 5) is 2.39. The van der Waals surface area contributed by atoms with E-state index in [4.69, 9.17) is 4.42 Å². The fraction of sp³-hybridized carbons (Fsp3) is 0. The van der Waals surface area contributed by atoms with Gasteiger partial charge in [0.2, 0.25) is 0 Å². The average Bonchev–Trinajstić information content (AvgIpc) is 3.55. The van der Waals surface area contributed by atoms with Crippen LogP contribution in [0, 0.1) is 0 Å². The molecule has 0 N–H and O–H groups in total. The zero-order chi connectivity index (χ0) is 31.9. The molecule has 1 aromatic heterocycles. The minimum Gasteiger partial charge on any atom is -0.456 e. The third-order valence-electron chi connectivity index (χ3n) is 9.24. The maximum absolute atomic E-state index is 6.27. The molecule has 0 aliphatic rings. The average molecular weight is 614 g/mol. The van der Waals surface area contributed by atoms with Crippen LogP contribution in [-0.4, -0.2) is 0 Å². The van der Waals surface area contributed by atoms with E-state index < -0.39 is 0 Å². The van der Waals surface area contributed by atoms with Gasteiger partial charge in [0.25, 0.3) is 0 Å². The molecule has 0 radical (unpaired) electrons. The quantitative estimate of drug-likeness (QED) is 0.185. The summed E-state index contributed by atoms with van der Waals surface area (Å²) in [5.41, 5.74) is 12.1. The van der Waals surface area contributed by atoms with E-state index in [0.717, 1.165) is 55.7 Å². The Morgan fingerprint density at radius 2 is 1.00 bits per heavy atom. The Morgan fingerprint density at radius 3 is 1.88 bits per heavy atom. The highest BCUT2D eigenvalue weighted by Gasteiger charge is 2.20. The second-order valence-corrected chi connectivity index (χ2v) is 12.2. The Bertz CT molecular complexity index is 2560. The topological polar surface area (TPSA) is 16.4 Å². The molecule has 2 nitrogen and oxygen atoms in total. The summed E-state index contributed by atoms with van der Waals surface area (Å²) < 4.78 is 6.27. The fourth-order valence-electron chi connectivity index (χ4n) is 6.96. The monoisotopic (exact) mass is 613 g/mol. The lowest BCUT2D eigenvalue weighted by Gasteiger charge is -2.29. The molecule has 0 saturated carbocycles. The van der Waals surface area contributed by atoms with E-state index >= 15 is 0 Å². The lowest BCUT2D eigenvalue weighted by atomic mass is 9.95. The molecule has 2 heteroatoms. The van der Waals surface area contributed by atoms with Crippen molar-refractivity contribution in [1.82, 2.24) is 0 Å². The van der Waals surface area contributed by atoms with Crippen LogP contribution in [0.5, 0.6) is 0 Å². The van der Waals surface area contributed by atoms with Gasteiger partial charge in [-0.15, -0.1) is 0 Å². The Labute approximate surface area is 279 Å². The molecule has 0 amide bonds. The first kappa shape index (κ1) is 27.9. The second kappa shape index (κ2) is 11.8. The van der Waals surface area contributed by atoms with E-state index in [9.17, 15) is 0 Å². The molecule has 226 valence electrons. The van der Waals surface area contributed by atoms with Gasteiger partial charge in [-0.25, -0.2) is 0 Å². The van der Waals surface area contributed by atoms with Crippen LogP contribution in [0.1, 0.15) is 0 Å². The number of rotatable bonds is 6. The molecule has 0 saturated heterocycles. The van der Waals surface area contributed by atoms with E-state index in [1.54, 1.807) is 0 Å². The number of para-hydroxylation sites is 2. The van der Waals surface area contributed by atoms with Gasteiger partial charge in [-0.05, 0) is 87.1 Å². The van der Waals surface area contributed by atoms with Gasteiger partial charge in [-0.3, -0.25) is 0 Å². The molecular formula is C46H31NO. The van der Waals surface area contributed by atoms with Gasteiger partial charge >= 0.3 is 0 Å². The first-order valence-corrected chi connectivity index (χ1v) is 16.3. The SMILES string of the molecule is c1ccc(-c2ccc(-c3ccc4ccccc4c3)cc2N(c2ccccc2)c2cccc(-c3cccc4oc5ccccc5c34)c2)cc1. The molecular weight excluding hydrogens is 583 g/mol. The Hall–Kier alpha value is -6.38. The van der Waals surface area contributed by atoms with Crippen LogP contribution in [0.4, 0.5) is 17.1 Å².